The molecule has 0 N–H and O–H groups in total. The van der Waals surface area contributed by atoms with Crippen LogP contribution in [0.4, 0.5) is 13.2 Å². The van der Waals surface area contributed by atoms with Crippen molar-refractivity contribution in [2.24, 2.45) is 0 Å². The molecule has 2 aromatic rings. The molecule has 19 heavy (non-hydrogen) atoms. The van der Waals surface area contributed by atoms with Gasteiger partial charge in [0.25, 0.3) is 0 Å². The molecule has 0 aliphatic rings. The fourth-order valence-corrected chi connectivity index (χ4v) is 1.81. The number of hydrogen-bond donors (Lipinski definition) is 0. The van der Waals surface area contributed by atoms with Crippen LogP contribution < -0.4 is 0 Å². The van der Waals surface area contributed by atoms with Crippen molar-refractivity contribution in [3.63, 3.8) is 0 Å². The van der Waals surface area contributed by atoms with E-state index in [-0.39, 0.29) is 11.3 Å². The lowest BCUT2D eigenvalue weighted by molar-refractivity contribution is 0.0988. The minimum atomic E-state index is -1.23. The summed E-state index contributed by atoms with van der Waals surface area (Å²) in [6.07, 6.45) is 0.323. The van der Waals surface area contributed by atoms with E-state index in [4.69, 9.17) is 0 Å². The Balaban J connectivity index is 2.53. The summed E-state index contributed by atoms with van der Waals surface area (Å²) in [7, 11) is 0. The molecular formula is C15H11F3O. The van der Waals surface area contributed by atoms with E-state index in [0.29, 0.717) is 23.6 Å². The molecule has 0 aliphatic carbocycles. The lowest BCUT2D eigenvalue weighted by atomic mass is 10.00. The van der Waals surface area contributed by atoms with Gasteiger partial charge in [0.05, 0.1) is 0 Å². The Labute approximate surface area is 108 Å². The molecule has 2 rings (SSSR count). The second-order valence-electron chi connectivity index (χ2n) is 4.10. The minimum absolute atomic E-state index is 0.0651. The third kappa shape index (κ3) is 2.67. The van der Waals surface area contributed by atoms with E-state index in [2.05, 4.69) is 0 Å². The van der Waals surface area contributed by atoms with Crippen LogP contribution in [0.25, 0.3) is 11.1 Å². The largest absolute Gasteiger partial charge is 0.294 e. The number of hydrogen-bond acceptors (Lipinski definition) is 1. The van der Waals surface area contributed by atoms with Gasteiger partial charge in [0, 0.05) is 23.6 Å². The van der Waals surface area contributed by atoms with Crippen molar-refractivity contribution < 1.29 is 18.0 Å². The topological polar surface area (TPSA) is 17.1 Å². The van der Waals surface area contributed by atoms with E-state index in [9.17, 15) is 18.0 Å². The molecule has 0 aliphatic heterocycles. The summed E-state index contributed by atoms with van der Waals surface area (Å²) in [5.41, 5.74) is 0.699. The normalized spacial score (nSPS) is 10.5. The summed E-state index contributed by atoms with van der Waals surface area (Å²) in [6, 6.07) is 7.50. The number of halogens is 3. The zero-order chi connectivity index (χ0) is 14.0. The highest BCUT2D eigenvalue weighted by atomic mass is 19.2. The van der Waals surface area contributed by atoms with E-state index in [0.717, 1.165) is 6.07 Å². The van der Waals surface area contributed by atoms with Gasteiger partial charge in [-0.05, 0) is 17.7 Å². The molecule has 0 heterocycles. The third-order valence-electron chi connectivity index (χ3n) is 2.83. The summed E-state index contributed by atoms with van der Waals surface area (Å²) in [6.45, 7) is 1.72. The first kappa shape index (κ1) is 13.3. The van der Waals surface area contributed by atoms with Gasteiger partial charge in [0.2, 0.25) is 0 Å². The van der Waals surface area contributed by atoms with Crippen LogP contribution in [0.5, 0.6) is 0 Å². The highest BCUT2D eigenvalue weighted by Gasteiger charge is 2.12. The average Bonchev–Trinajstić information content (AvgIpc) is 2.42. The SMILES string of the molecule is CCC(=O)c1cccc(-c2cc(F)c(F)cc2F)c1. The predicted molar refractivity (Wildman–Crippen MR) is 66.4 cm³/mol. The standard InChI is InChI=1S/C15H11F3O/c1-2-15(19)10-5-3-4-9(6-10)11-7-13(17)14(18)8-12(11)16/h3-8H,2H2,1H3. The first-order valence-electron chi connectivity index (χ1n) is 5.81. The Bertz CT molecular complexity index is 635. The quantitative estimate of drug-likeness (QED) is 0.594. The number of carbonyl (C=O) groups is 1. The molecule has 0 aromatic heterocycles. The maximum absolute atomic E-state index is 13.6. The van der Waals surface area contributed by atoms with Crippen LogP contribution in [-0.4, -0.2) is 5.78 Å². The molecule has 0 amide bonds. The highest BCUT2D eigenvalue weighted by Crippen LogP contribution is 2.26. The zero-order valence-electron chi connectivity index (χ0n) is 10.2. The molecule has 0 radical (unpaired) electrons. The van der Waals surface area contributed by atoms with Crippen molar-refractivity contribution in [3.05, 3.63) is 59.4 Å². The fraction of sp³-hybridized carbons (Fsp3) is 0.133. The summed E-state index contributed by atoms with van der Waals surface area (Å²) in [5, 5.41) is 0. The monoisotopic (exact) mass is 264 g/mol. The summed E-state index contributed by atoms with van der Waals surface area (Å²) >= 11 is 0. The second kappa shape index (κ2) is 5.26. The van der Waals surface area contributed by atoms with Gasteiger partial charge in [-0.2, -0.15) is 0 Å². The summed E-state index contributed by atoms with van der Waals surface area (Å²) < 4.78 is 39.7. The summed E-state index contributed by atoms with van der Waals surface area (Å²) in [5.74, 6) is -3.31. The van der Waals surface area contributed by atoms with E-state index < -0.39 is 17.5 Å². The molecule has 0 fully saturated rings. The second-order valence-corrected chi connectivity index (χ2v) is 4.10. The molecule has 98 valence electrons. The molecule has 2 aromatic carbocycles. The smallest absolute Gasteiger partial charge is 0.162 e. The Morgan fingerprint density at radius 1 is 1.00 bits per heavy atom. The van der Waals surface area contributed by atoms with Crippen LogP contribution in [0.1, 0.15) is 23.7 Å². The molecule has 0 unspecified atom stereocenters. The van der Waals surface area contributed by atoms with E-state index in [1.807, 2.05) is 0 Å². The number of carbonyl (C=O) groups excluding carboxylic acids is 1. The Kier molecular flexibility index (Phi) is 3.69. The van der Waals surface area contributed by atoms with Crippen LogP contribution in [-0.2, 0) is 0 Å². The van der Waals surface area contributed by atoms with Crippen LogP contribution in [0.3, 0.4) is 0 Å². The molecule has 4 heteroatoms. The van der Waals surface area contributed by atoms with Gasteiger partial charge in [0.15, 0.2) is 17.4 Å². The maximum Gasteiger partial charge on any atom is 0.162 e. The number of rotatable bonds is 3. The first-order chi connectivity index (χ1) is 9.02. The van der Waals surface area contributed by atoms with Gasteiger partial charge in [-0.25, -0.2) is 13.2 Å². The summed E-state index contributed by atoms with van der Waals surface area (Å²) in [4.78, 5) is 11.6. The highest BCUT2D eigenvalue weighted by molar-refractivity contribution is 5.97. The number of ketones is 1. The molecule has 0 saturated heterocycles. The first-order valence-corrected chi connectivity index (χ1v) is 5.81. The lowest BCUT2D eigenvalue weighted by Crippen LogP contribution is -1.97. The van der Waals surface area contributed by atoms with Crippen molar-refractivity contribution in [2.45, 2.75) is 13.3 Å². The third-order valence-corrected chi connectivity index (χ3v) is 2.83. The minimum Gasteiger partial charge on any atom is -0.294 e. The van der Waals surface area contributed by atoms with Gasteiger partial charge in [-0.3, -0.25) is 4.79 Å². The molecule has 0 bridgehead atoms. The predicted octanol–water partition coefficient (Wildman–Crippen LogP) is 4.36. The van der Waals surface area contributed by atoms with Crippen LogP contribution >= 0.6 is 0 Å². The molecular weight excluding hydrogens is 253 g/mol. The van der Waals surface area contributed by atoms with Gasteiger partial charge >= 0.3 is 0 Å². The molecule has 0 saturated carbocycles. The number of Topliss-reactive ketones (excluding diaryl/α,β-unsaturated/α-hetero) is 1. The molecule has 0 atom stereocenters. The van der Waals surface area contributed by atoms with Crippen molar-refractivity contribution in [1.82, 2.24) is 0 Å². The Hall–Kier alpha value is -2.10. The Morgan fingerprint density at radius 3 is 2.37 bits per heavy atom. The van der Waals surface area contributed by atoms with E-state index in [1.165, 1.54) is 6.07 Å². The van der Waals surface area contributed by atoms with E-state index in [1.54, 1.807) is 25.1 Å². The zero-order valence-corrected chi connectivity index (χ0v) is 10.2. The van der Waals surface area contributed by atoms with Gasteiger partial charge < -0.3 is 0 Å². The van der Waals surface area contributed by atoms with Crippen molar-refractivity contribution in [2.75, 3.05) is 0 Å². The van der Waals surface area contributed by atoms with Crippen molar-refractivity contribution in [3.8, 4) is 11.1 Å². The van der Waals surface area contributed by atoms with Gasteiger partial charge in [-0.15, -0.1) is 0 Å². The lowest BCUT2D eigenvalue weighted by Gasteiger charge is -2.06. The van der Waals surface area contributed by atoms with Gasteiger partial charge in [-0.1, -0.05) is 25.1 Å². The van der Waals surface area contributed by atoms with E-state index >= 15 is 0 Å². The molecule has 1 nitrogen and oxygen atoms in total. The maximum atomic E-state index is 13.6. The molecule has 0 spiro atoms. The fourth-order valence-electron chi connectivity index (χ4n) is 1.81. The van der Waals surface area contributed by atoms with Crippen LogP contribution in [0.15, 0.2) is 36.4 Å². The van der Waals surface area contributed by atoms with Crippen molar-refractivity contribution in [1.29, 1.82) is 0 Å². The Morgan fingerprint density at radius 2 is 1.68 bits per heavy atom. The van der Waals surface area contributed by atoms with Crippen LogP contribution in [0, 0.1) is 17.5 Å². The number of benzene rings is 2. The van der Waals surface area contributed by atoms with Crippen LogP contribution in [0.2, 0.25) is 0 Å². The van der Waals surface area contributed by atoms with Crippen molar-refractivity contribution >= 4 is 5.78 Å². The van der Waals surface area contributed by atoms with Gasteiger partial charge in [0.1, 0.15) is 5.82 Å². The average molecular weight is 264 g/mol.